The second kappa shape index (κ2) is 6.79. The lowest BCUT2D eigenvalue weighted by molar-refractivity contribution is 0.0935. The number of aromatic nitrogens is 1. The Labute approximate surface area is 125 Å². The monoisotopic (exact) mass is 291 g/mol. The number of thiocarbonyl (C=S) groups is 1. The first kappa shape index (κ1) is 14.9. The summed E-state index contributed by atoms with van der Waals surface area (Å²) in [6.07, 6.45) is 6.53. The van der Waals surface area contributed by atoms with Crippen molar-refractivity contribution >= 4 is 23.1 Å². The van der Waals surface area contributed by atoms with Gasteiger partial charge in [-0.1, -0.05) is 32.0 Å². The summed E-state index contributed by atoms with van der Waals surface area (Å²) in [4.78, 5) is 16.4. The van der Waals surface area contributed by atoms with Gasteiger partial charge in [0, 0.05) is 18.3 Å². The lowest BCUT2D eigenvalue weighted by Gasteiger charge is -2.26. The van der Waals surface area contributed by atoms with Gasteiger partial charge in [0.1, 0.15) is 10.7 Å². The lowest BCUT2D eigenvalue weighted by atomic mass is 9.82. The SMILES string of the molecule is CC1CCCC(CNC(=O)c2ccc(C(N)=S)cn2)C1. The Bertz CT molecular complexity index is 486. The molecule has 0 aliphatic heterocycles. The van der Waals surface area contributed by atoms with Crippen LogP contribution >= 0.6 is 12.2 Å². The molecule has 1 fully saturated rings. The van der Waals surface area contributed by atoms with Crippen LogP contribution in [-0.2, 0) is 0 Å². The van der Waals surface area contributed by atoms with Gasteiger partial charge in [0.2, 0.25) is 0 Å². The van der Waals surface area contributed by atoms with Crippen LogP contribution in [0.1, 0.15) is 48.7 Å². The number of nitrogens with two attached hydrogens (primary N) is 1. The quantitative estimate of drug-likeness (QED) is 0.835. The van der Waals surface area contributed by atoms with Gasteiger partial charge >= 0.3 is 0 Å². The summed E-state index contributed by atoms with van der Waals surface area (Å²) in [6.45, 7) is 3.02. The number of carbonyl (C=O) groups is 1. The molecular weight excluding hydrogens is 270 g/mol. The van der Waals surface area contributed by atoms with E-state index in [1.54, 1.807) is 18.3 Å². The van der Waals surface area contributed by atoms with Crippen LogP contribution in [-0.4, -0.2) is 22.4 Å². The Morgan fingerprint density at radius 2 is 2.30 bits per heavy atom. The molecule has 1 heterocycles. The molecule has 1 aromatic heterocycles. The van der Waals surface area contributed by atoms with Gasteiger partial charge in [0.05, 0.1) is 0 Å². The van der Waals surface area contributed by atoms with Crippen LogP contribution in [0.5, 0.6) is 0 Å². The molecule has 1 aliphatic rings. The summed E-state index contributed by atoms with van der Waals surface area (Å²) >= 11 is 4.86. The Balaban J connectivity index is 1.86. The molecular formula is C15H21N3OS. The van der Waals surface area contributed by atoms with Crippen molar-refractivity contribution < 1.29 is 4.79 Å². The second-order valence-electron chi connectivity index (χ2n) is 5.64. The Morgan fingerprint density at radius 3 is 2.90 bits per heavy atom. The van der Waals surface area contributed by atoms with Crippen molar-refractivity contribution in [2.45, 2.75) is 32.6 Å². The highest BCUT2D eigenvalue weighted by atomic mass is 32.1. The summed E-state index contributed by atoms with van der Waals surface area (Å²) in [6, 6.07) is 3.39. The van der Waals surface area contributed by atoms with Crippen LogP contribution in [0.15, 0.2) is 18.3 Å². The zero-order valence-electron chi connectivity index (χ0n) is 11.8. The van der Waals surface area contributed by atoms with Gasteiger partial charge in [-0.15, -0.1) is 0 Å². The minimum atomic E-state index is -0.127. The van der Waals surface area contributed by atoms with E-state index in [0.29, 0.717) is 22.2 Å². The highest BCUT2D eigenvalue weighted by Gasteiger charge is 2.19. The molecule has 4 nitrogen and oxygen atoms in total. The van der Waals surface area contributed by atoms with Crippen LogP contribution in [0.3, 0.4) is 0 Å². The van der Waals surface area contributed by atoms with Crippen molar-refractivity contribution in [3.8, 4) is 0 Å². The first-order valence-electron chi connectivity index (χ1n) is 7.10. The van der Waals surface area contributed by atoms with Crippen molar-refractivity contribution in [2.75, 3.05) is 6.54 Å². The minimum Gasteiger partial charge on any atom is -0.389 e. The molecule has 2 rings (SSSR count). The third kappa shape index (κ3) is 4.00. The number of nitrogens with one attached hydrogen (secondary N) is 1. The van der Waals surface area contributed by atoms with Crippen molar-refractivity contribution in [2.24, 2.45) is 17.6 Å². The van der Waals surface area contributed by atoms with Gasteiger partial charge in [-0.2, -0.15) is 0 Å². The average molecular weight is 291 g/mol. The summed E-state index contributed by atoms with van der Waals surface area (Å²) in [5, 5.41) is 2.97. The molecule has 5 heteroatoms. The van der Waals surface area contributed by atoms with Gasteiger partial charge in [0.15, 0.2) is 0 Å². The number of carbonyl (C=O) groups excluding carboxylic acids is 1. The van der Waals surface area contributed by atoms with E-state index in [2.05, 4.69) is 17.2 Å². The maximum absolute atomic E-state index is 12.0. The van der Waals surface area contributed by atoms with Crippen LogP contribution in [0, 0.1) is 11.8 Å². The third-order valence-electron chi connectivity index (χ3n) is 3.88. The maximum Gasteiger partial charge on any atom is 0.269 e. The molecule has 0 radical (unpaired) electrons. The van der Waals surface area contributed by atoms with E-state index < -0.39 is 0 Å². The Kier molecular flexibility index (Phi) is 5.06. The number of rotatable bonds is 4. The van der Waals surface area contributed by atoms with Gasteiger partial charge in [-0.25, -0.2) is 0 Å². The molecule has 1 saturated carbocycles. The van der Waals surface area contributed by atoms with E-state index in [-0.39, 0.29) is 5.91 Å². The molecule has 0 spiro atoms. The molecule has 0 saturated heterocycles. The third-order valence-corrected chi connectivity index (χ3v) is 4.11. The number of amides is 1. The van der Waals surface area contributed by atoms with Crippen LogP contribution in [0.4, 0.5) is 0 Å². The Hall–Kier alpha value is -1.49. The van der Waals surface area contributed by atoms with Crippen LogP contribution < -0.4 is 11.1 Å². The first-order chi connectivity index (χ1) is 9.56. The second-order valence-corrected chi connectivity index (χ2v) is 6.08. The molecule has 1 aromatic rings. The number of nitrogens with zero attached hydrogens (tertiary/aromatic N) is 1. The largest absolute Gasteiger partial charge is 0.389 e. The van der Waals surface area contributed by atoms with E-state index in [9.17, 15) is 4.79 Å². The highest BCUT2D eigenvalue weighted by molar-refractivity contribution is 7.80. The van der Waals surface area contributed by atoms with E-state index in [4.69, 9.17) is 18.0 Å². The predicted molar refractivity (Wildman–Crippen MR) is 83.6 cm³/mol. The molecule has 2 unspecified atom stereocenters. The zero-order chi connectivity index (χ0) is 14.5. The van der Waals surface area contributed by atoms with Crippen molar-refractivity contribution in [1.29, 1.82) is 0 Å². The van der Waals surface area contributed by atoms with E-state index in [0.717, 1.165) is 12.5 Å². The molecule has 20 heavy (non-hydrogen) atoms. The molecule has 1 aliphatic carbocycles. The smallest absolute Gasteiger partial charge is 0.269 e. The van der Waals surface area contributed by atoms with E-state index in [1.807, 2.05) is 0 Å². The predicted octanol–water partition coefficient (Wildman–Crippen LogP) is 2.27. The fourth-order valence-corrected chi connectivity index (χ4v) is 2.87. The molecule has 0 aromatic carbocycles. The summed E-state index contributed by atoms with van der Waals surface area (Å²) < 4.78 is 0. The topological polar surface area (TPSA) is 68.0 Å². The van der Waals surface area contributed by atoms with Crippen molar-refractivity contribution in [3.05, 3.63) is 29.6 Å². The van der Waals surface area contributed by atoms with Gasteiger partial charge in [0.25, 0.3) is 5.91 Å². The van der Waals surface area contributed by atoms with E-state index >= 15 is 0 Å². The van der Waals surface area contributed by atoms with Crippen molar-refractivity contribution in [1.82, 2.24) is 10.3 Å². The van der Waals surface area contributed by atoms with Gasteiger partial charge < -0.3 is 11.1 Å². The molecule has 108 valence electrons. The Morgan fingerprint density at radius 1 is 1.50 bits per heavy atom. The highest BCUT2D eigenvalue weighted by Crippen LogP contribution is 2.27. The minimum absolute atomic E-state index is 0.127. The van der Waals surface area contributed by atoms with Crippen LogP contribution in [0.2, 0.25) is 0 Å². The first-order valence-corrected chi connectivity index (χ1v) is 7.51. The van der Waals surface area contributed by atoms with E-state index in [1.165, 1.54) is 25.7 Å². The zero-order valence-corrected chi connectivity index (χ0v) is 12.6. The number of hydrogen-bond acceptors (Lipinski definition) is 3. The summed E-state index contributed by atoms with van der Waals surface area (Å²) in [5.41, 5.74) is 6.59. The molecule has 1 amide bonds. The van der Waals surface area contributed by atoms with Gasteiger partial charge in [-0.05, 0) is 36.8 Å². The lowest BCUT2D eigenvalue weighted by Crippen LogP contribution is -2.32. The fourth-order valence-electron chi connectivity index (χ4n) is 2.75. The molecule has 3 N–H and O–H groups in total. The van der Waals surface area contributed by atoms with Crippen molar-refractivity contribution in [3.63, 3.8) is 0 Å². The normalized spacial score (nSPS) is 22.2. The number of hydrogen-bond donors (Lipinski definition) is 2. The average Bonchev–Trinajstić information content (AvgIpc) is 2.45. The van der Waals surface area contributed by atoms with Gasteiger partial charge in [-0.3, -0.25) is 9.78 Å². The molecule has 0 bridgehead atoms. The summed E-state index contributed by atoms with van der Waals surface area (Å²) in [5.74, 6) is 1.24. The fraction of sp³-hybridized carbons (Fsp3) is 0.533. The molecule has 2 atom stereocenters. The standard InChI is InChI=1S/C15H21N3OS/c1-10-3-2-4-11(7-10)8-18-15(19)13-6-5-12(9-17-13)14(16)20/h5-6,9-11H,2-4,7-8H2,1H3,(H2,16,20)(H,18,19). The summed E-state index contributed by atoms with van der Waals surface area (Å²) in [7, 11) is 0. The maximum atomic E-state index is 12.0. The number of pyridine rings is 1. The van der Waals surface area contributed by atoms with Crippen LogP contribution in [0.25, 0.3) is 0 Å².